The minimum absolute atomic E-state index is 0.0494. The van der Waals surface area contributed by atoms with E-state index in [0.717, 1.165) is 46.9 Å². The van der Waals surface area contributed by atoms with Crippen LogP contribution in [-0.4, -0.2) is 51.8 Å². The van der Waals surface area contributed by atoms with Gasteiger partial charge in [-0.3, -0.25) is 19.3 Å². The summed E-state index contributed by atoms with van der Waals surface area (Å²) in [4.78, 5) is 42.9. The molecule has 4 aromatic carbocycles. The van der Waals surface area contributed by atoms with Crippen molar-refractivity contribution in [3.63, 3.8) is 0 Å². The molecule has 1 aliphatic carbocycles. The summed E-state index contributed by atoms with van der Waals surface area (Å²) >= 11 is 0. The summed E-state index contributed by atoms with van der Waals surface area (Å²) in [5, 5.41) is 11.0. The molecule has 3 amide bonds. The second-order valence-electron chi connectivity index (χ2n) is 17.5. The molecule has 5 atom stereocenters. The molecule has 14 heteroatoms. The highest BCUT2D eigenvalue weighted by Gasteiger charge is 2.72. The number of hydrogen-bond acceptors (Lipinski definition) is 6. The Labute approximate surface area is 337 Å². The predicted molar refractivity (Wildman–Crippen MR) is 206 cm³/mol. The monoisotopic (exact) mass is 822 g/mol. The predicted octanol–water partition coefficient (Wildman–Crippen LogP) is 10.1. The molecule has 2 heterocycles. The van der Waals surface area contributed by atoms with Crippen LogP contribution in [0.4, 0.5) is 32.0 Å². The molecule has 3 aliphatic rings. The van der Waals surface area contributed by atoms with Gasteiger partial charge in [0.15, 0.2) is 0 Å². The lowest BCUT2D eigenvalue weighted by Gasteiger charge is -2.38. The van der Waals surface area contributed by atoms with E-state index < -0.39 is 76.1 Å². The second-order valence-corrected chi connectivity index (χ2v) is 17.5. The Bertz CT molecular complexity index is 2210. The minimum atomic E-state index is -5.81. The summed E-state index contributed by atoms with van der Waals surface area (Å²) in [7, 11) is 0. The summed E-state index contributed by atoms with van der Waals surface area (Å²) < 4.78 is 101. The highest BCUT2D eigenvalue weighted by molar-refractivity contribution is 6.22. The Morgan fingerprint density at radius 2 is 0.898 bits per heavy atom. The smallest absolute Gasteiger partial charge is 0.411 e. The van der Waals surface area contributed by atoms with E-state index in [9.17, 15) is 45.8 Å². The van der Waals surface area contributed by atoms with Crippen molar-refractivity contribution >= 4 is 23.4 Å². The summed E-state index contributed by atoms with van der Waals surface area (Å²) in [5.74, 6) is -3.25. The fourth-order valence-corrected chi connectivity index (χ4v) is 8.80. The molecule has 8 nitrogen and oxygen atoms in total. The number of ether oxygens (including phenoxy) is 2. The van der Waals surface area contributed by atoms with Crippen molar-refractivity contribution in [2.45, 2.75) is 89.3 Å². The lowest BCUT2D eigenvalue weighted by molar-refractivity contribution is -0.288. The van der Waals surface area contributed by atoms with Gasteiger partial charge in [0, 0.05) is 17.4 Å². The van der Waals surface area contributed by atoms with E-state index in [-0.39, 0.29) is 47.1 Å². The van der Waals surface area contributed by atoms with Gasteiger partial charge in [0.05, 0.1) is 17.5 Å². The SMILES string of the molecule is CC(C)(C)c1ccc(Oc2ccc(C(c3ccc(Oc4ccc(N5C(=O)C6CC7C(=O)N(C(C)(C)C)C(O)C7CC6C5=O)cc4)cc3)(C(F)(F)F)C(F)(F)F)cc2)cc1. The van der Waals surface area contributed by atoms with Gasteiger partial charge in [-0.05, 0) is 116 Å². The van der Waals surface area contributed by atoms with Crippen LogP contribution in [0.3, 0.4) is 0 Å². The maximum absolute atomic E-state index is 14.9. The molecule has 3 fully saturated rings. The van der Waals surface area contributed by atoms with Crippen LogP contribution >= 0.6 is 0 Å². The van der Waals surface area contributed by atoms with Crippen molar-refractivity contribution in [2.24, 2.45) is 23.7 Å². The van der Waals surface area contributed by atoms with Crippen molar-refractivity contribution in [3.05, 3.63) is 114 Å². The van der Waals surface area contributed by atoms with Crippen molar-refractivity contribution in [1.82, 2.24) is 4.90 Å². The average Bonchev–Trinajstić information content (AvgIpc) is 3.54. The maximum atomic E-state index is 14.9. The molecule has 2 saturated heterocycles. The maximum Gasteiger partial charge on any atom is 0.411 e. The second kappa shape index (κ2) is 14.4. The van der Waals surface area contributed by atoms with Crippen LogP contribution in [0.15, 0.2) is 97.1 Å². The summed E-state index contributed by atoms with van der Waals surface area (Å²) in [5.41, 5.74) is -6.07. The van der Waals surface area contributed by atoms with E-state index in [4.69, 9.17) is 9.47 Å². The highest BCUT2D eigenvalue weighted by Crippen LogP contribution is 2.57. The lowest BCUT2D eigenvalue weighted by Crippen LogP contribution is -2.54. The molecule has 0 aromatic heterocycles. The van der Waals surface area contributed by atoms with Gasteiger partial charge in [0.1, 0.15) is 29.2 Å². The topological polar surface area (TPSA) is 96.4 Å². The number of nitrogens with zero attached hydrogens (tertiary/aromatic N) is 2. The quantitative estimate of drug-likeness (QED) is 0.147. The molecule has 312 valence electrons. The van der Waals surface area contributed by atoms with Crippen LogP contribution < -0.4 is 14.4 Å². The summed E-state index contributed by atoms with van der Waals surface area (Å²) in [6.45, 7) is 11.5. The third-order valence-corrected chi connectivity index (χ3v) is 11.7. The number of halogens is 6. The number of hydrogen-bond donors (Lipinski definition) is 1. The number of imide groups is 1. The standard InChI is InChI=1S/C45H44F6N2O6/c1-41(2,3)25-7-15-29(16-8-25)58-30-17-9-26(10-18-30)43(44(46,47)48,45(49,50)51)27-11-19-31(20-12-27)59-32-21-13-28(14-22-32)52-37(54)33-23-35-36(24-34(33)38(52)55)40(57)53(39(35)56)42(4,5)6/h7-22,33-36,39,56H,23-24H2,1-6H3. The van der Waals surface area contributed by atoms with Gasteiger partial charge < -0.3 is 19.5 Å². The van der Waals surface area contributed by atoms with Crippen LogP contribution in [0.2, 0.25) is 0 Å². The van der Waals surface area contributed by atoms with Crippen molar-refractivity contribution in [3.8, 4) is 23.0 Å². The first-order chi connectivity index (χ1) is 27.4. The molecular formula is C45H44F6N2O6. The number of carbonyl (C=O) groups excluding carboxylic acids is 3. The average molecular weight is 823 g/mol. The molecule has 5 unspecified atom stereocenters. The Kier molecular flexibility index (Phi) is 10.2. The van der Waals surface area contributed by atoms with E-state index in [2.05, 4.69) is 0 Å². The summed E-state index contributed by atoms with van der Waals surface area (Å²) in [6.07, 6.45) is -12.4. The molecule has 2 aliphatic heterocycles. The molecule has 0 radical (unpaired) electrons. The number of carbonyl (C=O) groups is 3. The molecule has 1 saturated carbocycles. The van der Waals surface area contributed by atoms with E-state index >= 15 is 0 Å². The number of benzene rings is 4. The van der Waals surface area contributed by atoms with Crippen molar-refractivity contribution in [2.75, 3.05) is 4.90 Å². The molecule has 1 N–H and O–H groups in total. The third kappa shape index (κ3) is 7.23. The molecular weight excluding hydrogens is 778 g/mol. The number of amides is 3. The number of aliphatic hydroxyl groups is 1. The van der Waals surface area contributed by atoms with E-state index in [0.29, 0.717) is 17.9 Å². The fourth-order valence-electron chi connectivity index (χ4n) is 8.80. The molecule has 0 bridgehead atoms. The minimum Gasteiger partial charge on any atom is -0.457 e. The number of anilines is 1. The van der Waals surface area contributed by atoms with Gasteiger partial charge in [-0.25, -0.2) is 0 Å². The lowest BCUT2D eigenvalue weighted by atomic mass is 9.70. The Hall–Kier alpha value is -5.37. The van der Waals surface area contributed by atoms with Crippen LogP contribution in [0.25, 0.3) is 0 Å². The molecule has 7 rings (SSSR count). The Morgan fingerprint density at radius 1 is 0.525 bits per heavy atom. The fraction of sp³-hybridized carbons (Fsp3) is 0.400. The first kappa shape index (κ1) is 41.8. The number of fused-ring (bicyclic) bond motifs is 2. The van der Waals surface area contributed by atoms with Gasteiger partial charge in [-0.15, -0.1) is 0 Å². The molecule has 0 spiro atoms. The normalized spacial score (nSPS) is 22.7. The van der Waals surface area contributed by atoms with Gasteiger partial charge in [-0.1, -0.05) is 57.2 Å². The van der Waals surface area contributed by atoms with E-state index in [1.807, 2.05) is 53.7 Å². The van der Waals surface area contributed by atoms with E-state index in [1.165, 1.54) is 29.2 Å². The number of alkyl halides is 6. The van der Waals surface area contributed by atoms with Crippen LogP contribution in [0.5, 0.6) is 23.0 Å². The highest BCUT2D eigenvalue weighted by atomic mass is 19.4. The van der Waals surface area contributed by atoms with Crippen molar-refractivity contribution < 1.29 is 55.3 Å². The van der Waals surface area contributed by atoms with Crippen LogP contribution in [-0.2, 0) is 25.2 Å². The Balaban J connectivity index is 1.07. The number of aliphatic hydroxyl groups excluding tert-OH is 1. The van der Waals surface area contributed by atoms with Gasteiger partial charge in [-0.2, -0.15) is 26.3 Å². The zero-order chi connectivity index (χ0) is 43.0. The molecule has 4 aromatic rings. The van der Waals surface area contributed by atoms with Gasteiger partial charge >= 0.3 is 12.4 Å². The number of likely N-dealkylation sites (tertiary alicyclic amines) is 1. The largest absolute Gasteiger partial charge is 0.457 e. The number of rotatable bonds is 7. The summed E-state index contributed by atoms with van der Waals surface area (Å²) in [6, 6.07) is 19.8. The third-order valence-electron chi connectivity index (χ3n) is 11.7. The van der Waals surface area contributed by atoms with Crippen LogP contribution in [0.1, 0.15) is 71.1 Å². The van der Waals surface area contributed by atoms with Gasteiger partial charge in [0.2, 0.25) is 23.1 Å². The first-order valence-electron chi connectivity index (χ1n) is 19.2. The Morgan fingerprint density at radius 3 is 1.27 bits per heavy atom. The van der Waals surface area contributed by atoms with E-state index in [1.54, 1.807) is 12.1 Å². The van der Waals surface area contributed by atoms with Gasteiger partial charge in [0.25, 0.3) is 0 Å². The first-order valence-corrected chi connectivity index (χ1v) is 19.2. The van der Waals surface area contributed by atoms with Crippen molar-refractivity contribution in [1.29, 1.82) is 0 Å². The van der Waals surface area contributed by atoms with Crippen LogP contribution in [0, 0.1) is 23.7 Å². The zero-order valence-electron chi connectivity index (χ0n) is 33.2. The molecule has 59 heavy (non-hydrogen) atoms. The zero-order valence-corrected chi connectivity index (χ0v) is 33.2.